The van der Waals surface area contributed by atoms with Crippen LogP contribution >= 0.6 is 0 Å². The van der Waals surface area contributed by atoms with Crippen molar-refractivity contribution in [2.75, 3.05) is 12.8 Å². The summed E-state index contributed by atoms with van der Waals surface area (Å²) in [6, 6.07) is 3.99. The highest BCUT2D eigenvalue weighted by Gasteiger charge is 2.15. The molecular weight excluding hydrogens is 268 g/mol. The minimum Gasteiger partial charge on any atom is -0.464 e. The molecule has 6 nitrogen and oxygen atoms in total. The molecule has 21 heavy (non-hydrogen) atoms. The van der Waals surface area contributed by atoms with Crippen molar-refractivity contribution in [1.82, 2.24) is 14.3 Å². The molecule has 0 saturated heterocycles. The zero-order valence-corrected chi connectivity index (χ0v) is 12.7. The Balaban J connectivity index is 2.21. The van der Waals surface area contributed by atoms with E-state index in [0.717, 1.165) is 18.5 Å². The van der Waals surface area contributed by atoms with E-state index in [1.807, 2.05) is 16.9 Å². The topological polar surface area (TPSA) is 75.1 Å². The number of methoxy groups -OCH3 is 1. The Kier molecular flexibility index (Phi) is 4.67. The van der Waals surface area contributed by atoms with Crippen LogP contribution in [0.5, 0.6) is 0 Å². The maximum absolute atomic E-state index is 11.7. The summed E-state index contributed by atoms with van der Waals surface area (Å²) in [6.07, 6.45) is 5.79. The van der Waals surface area contributed by atoms with Gasteiger partial charge in [-0.2, -0.15) is 5.10 Å². The first-order valence-electron chi connectivity index (χ1n) is 7.17. The highest BCUT2D eigenvalue weighted by Crippen LogP contribution is 2.17. The molecule has 0 atom stereocenters. The summed E-state index contributed by atoms with van der Waals surface area (Å²) in [5.41, 5.74) is 7.63. The number of hydrogen-bond acceptors (Lipinski definition) is 4. The van der Waals surface area contributed by atoms with Crippen molar-refractivity contribution in [3.63, 3.8) is 0 Å². The number of rotatable bonds is 6. The average molecular weight is 290 g/mol. The van der Waals surface area contributed by atoms with Crippen LogP contribution < -0.4 is 5.73 Å². The van der Waals surface area contributed by atoms with Gasteiger partial charge in [0.2, 0.25) is 0 Å². The summed E-state index contributed by atoms with van der Waals surface area (Å²) >= 11 is 0. The van der Waals surface area contributed by atoms with E-state index < -0.39 is 5.97 Å². The van der Waals surface area contributed by atoms with Crippen molar-refractivity contribution in [2.45, 2.75) is 39.3 Å². The number of hydrogen-bond donors (Lipinski definition) is 1. The third kappa shape index (κ3) is 3.26. The normalized spacial score (nSPS) is 11.0. The van der Waals surface area contributed by atoms with Crippen molar-refractivity contribution in [1.29, 1.82) is 0 Å². The van der Waals surface area contributed by atoms with Gasteiger partial charge in [0.05, 0.1) is 31.1 Å². The number of nitrogens with two attached hydrogens (primary N) is 1. The minimum atomic E-state index is -0.397. The van der Waals surface area contributed by atoms with Crippen molar-refractivity contribution >= 4 is 11.7 Å². The Labute approximate surface area is 124 Å². The number of carbonyl (C=O) groups excluding carboxylic acids is 1. The van der Waals surface area contributed by atoms with Gasteiger partial charge in [-0.3, -0.25) is 4.68 Å². The molecule has 114 valence electrons. The third-order valence-electron chi connectivity index (χ3n) is 3.62. The minimum absolute atomic E-state index is 0.397. The summed E-state index contributed by atoms with van der Waals surface area (Å²) in [4.78, 5) is 11.7. The molecule has 0 unspecified atom stereocenters. The second-order valence-corrected chi connectivity index (χ2v) is 5.04. The molecule has 2 rings (SSSR count). The van der Waals surface area contributed by atoms with E-state index >= 15 is 0 Å². The number of nitrogen functional groups attached to an aromatic ring is 1. The van der Waals surface area contributed by atoms with Crippen LogP contribution in [0.3, 0.4) is 0 Å². The van der Waals surface area contributed by atoms with E-state index in [0.29, 0.717) is 24.0 Å². The highest BCUT2D eigenvalue weighted by atomic mass is 16.5. The predicted molar refractivity (Wildman–Crippen MR) is 81.1 cm³/mol. The Morgan fingerprint density at radius 3 is 2.76 bits per heavy atom. The lowest BCUT2D eigenvalue weighted by molar-refractivity contribution is 0.0589. The summed E-state index contributed by atoms with van der Waals surface area (Å²) in [5.74, 6) is -0.397. The molecule has 0 aliphatic carbocycles. The van der Waals surface area contributed by atoms with E-state index in [1.165, 1.54) is 7.11 Å². The summed E-state index contributed by atoms with van der Waals surface area (Å²) in [7, 11) is 1.36. The molecule has 0 aromatic carbocycles. The van der Waals surface area contributed by atoms with Gasteiger partial charge in [0.15, 0.2) is 0 Å². The van der Waals surface area contributed by atoms with Gasteiger partial charge in [0.25, 0.3) is 0 Å². The molecule has 0 spiro atoms. The first kappa shape index (κ1) is 15.2. The zero-order chi connectivity index (χ0) is 15.4. The molecule has 0 saturated carbocycles. The monoisotopic (exact) mass is 290 g/mol. The van der Waals surface area contributed by atoms with Gasteiger partial charge in [-0.1, -0.05) is 13.8 Å². The molecule has 0 bridgehead atoms. The van der Waals surface area contributed by atoms with Crippen LogP contribution in [0.4, 0.5) is 5.69 Å². The molecule has 0 amide bonds. The van der Waals surface area contributed by atoms with Gasteiger partial charge < -0.3 is 15.0 Å². The quantitative estimate of drug-likeness (QED) is 0.829. The van der Waals surface area contributed by atoms with E-state index in [-0.39, 0.29) is 0 Å². The number of anilines is 1. The van der Waals surface area contributed by atoms with Crippen LogP contribution in [0, 0.1) is 0 Å². The number of carbonyl (C=O) groups is 1. The van der Waals surface area contributed by atoms with Gasteiger partial charge in [0, 0.05) is 12.4 Å². The van der Waals surface area contributed by atoms with Crippen molar-refractivity contribution in [3.05, 3.63) is 35.9 Å². The number of ether oxygens (including phenoxy) is 1. The van der Waals surface area contributed by atoms with Crippen LogP contribution in [-0.4, -0.2) is 27.4 Å². The summed E-state index contributed by atoms with van der Waals surface area (Å²) < 4.78 is 8.52. The number of nitrogens with zero attached hydrogens (tertiary/aromatic N) is 3. The van der Waals surface area contributed by atoms with Crippen LogP contribution in [0.25, 0.3) is 0 Å². The third-order valence-corrected chi connectivity index (χ3v) is 3.62. The highest BCUT2D eigenvalue weighted by molar-refractivity contribution is 5.89. The standard InChI is InChI=1S/C15H22N4O2/c1-4-13(5-2)19-7-6-12(17-19)10-18-9-11(16)8-14(18)15(20)21-3/h6-9,13H,4-5,10,16H2,1-3H3. The van der Waals surface area contributed by atoms with Crippen molar-refractivity contribution in [2.24, 2.45) is 0 Å². The molecule has 2 aromatic heterocycles. The second kappa shape index (κ2) is 6.47. The van der Waals surface area contributed by atoms with Crippen molar-refractivity contribution < 1.29 is 9.53 Å². The zero-order valence-electron chi connectivity index (χ0n) is 12.7. The van der Waals surface area contributed by atoms with E-state index in [1.54, 1.807) is 16.8 Å². The molecule has 0 aliphatic heterocycles. The first-order valence-corrected chi connectivity index (χ1v) is 7.17. The molecule has 0 aliphatic rings. The SMILES string of the molecule is CCC(CC)n1ccc(Cn2cc(N)cc2C(=O)OC)n1. The largest absolute Gasteiger partial charge is 0.464 e. The Bertz CT molecular complexity index is 611. The second-order valence-electron chi connectivity index (χ2n) is 5.04. The van der Waals surface area contributed by atoms with E-state index in [2.05, 4.69) is 18.9 Å². The van der Waals surface area contributed by atoms with Crippen LogP contribution in [0.1, 0.15) is 48.9 Å². The first-order chi connectivity index (χ1) is 10.1. The fraction of sp³-hybridized carbons (Fsp3) is 0.467. The Hall–Kier alpha value is -2.24. The lowest BCUT2D eigenvalue weighted by Gasteiger charge is -2.12. The van der Waals surface area contributed by atoms with Gasteiger partial charge in [-0.15, -0.1) is 0 Å². The van der Waals surface area contributed by atoms with Gasteiger partial charge in [-0.05, 0) is 25.0 Å². The number of aromatic nitrogens is 3. The van der Waals surface area contributed by atoms with Gasteiger partial charge in [0.1, 0.15) is 5.69 Å². The van der Waals surface area contributed by atoms with Crippen LogP contribution in [0.2, 0.25) is 0 Å². The molecule has 0 fully saturated rings. The lowest BCUT2D eigenvalue weighted by atomic mass is 10.2. The Morgan fingerprint density at radius 1 is 1.43 bits per heavy atom. The molecular formula is C15H22N4O2. The fourth-order valence-corrected chi connectivity index (χ4v) is 2.44. The van der Waals surface area contributed by atoms with Crippen LogP contribution in [-0.2, 0) is 11.3 Å². The Morgan fingerprint density at radius 2 is 2.14 bits per heavy atom. The summed E-state index contributed by atoms with van der Waals surface area (Å²) in [5, 5.41) is 4.59. The summed E-state index contributed by atoms with van der Waals surface area (Å²) in [6.45, 7) is 4.80. The predicted octanol–water partition coefficient (Wildman–Crippen LogP) is 2.46. The van der Waals surface area contributed by atoms with Crippen LogP contribution in [0.15, 0.2) is 24.5 Å². The van der Waals surface area contributed by atoms with E-state index in [9.17, 15) is 4.79 Å². The van der Waals surface area contributed by atoms with Crippen molar-refractivity contribution in [3.8, 4) is 0 Å². The maximum atomic E-state index is 11.7. The molecule has 2 N–H and O–H groups in total. The average Bonchev–Trinajstić information content (AvgIpc) is 3.07. The molecule has 2 heterocycles. The number of esters is 1. The molecule has 2 aromatic rings. The fourth-order valence-electron chi connectivity index (χ4n) is 2.44. The molecule has 6 heteroatoms. The smallest absolute Gasteiger partial charge is 0.354 e. The van der Waals surface area contributed by atoms with Gasteiger partial charge >= 0.3 is 5.97 Å². The maximum Gasteiger partial charge on any atom is 0.354 e. The van der Waals surface area contributed by atoms with Gasteiger partial charge in [-0.25, -0.2) is 4.79 Å². The lowest BCUT2D eigenvalue weighted by Crippen LogP contribution is -2.12. The molecule has 0 radical (unpaired) electrons. The van der Waals surface area contributed by atoms with E-state index in [4.69, 9.17) is 10.5 Å².